The molecule has 0 aliphatic carbocycles. The Balaban J connectivity index is 3.25. The zero-order valence-electron chi connectivity index (χ0n) is 4.63. The molecule has 1 nitrogen and oxygen atoms in total. The first-order valence-corrected chi connectivity index (χ1v) is 3.44. The molecule has 0 unspecified atom stereocenters. The van der Waals surface area contributed by atoms with Crippen molar-refractivity contribution in [2.75, 3.05) is 0 Å². The second kappa shape index (κ2) is 2.64. The molecule has 9 heavy (non-hydrogen) atoms. The van der Waals surface area contributed by atoms with E-state index in [-0.39, 0.29) is 0 Å². The highest BCUT2D eigenvalue weighted by Crippen LogP contribution is 2.11. The standard InChI is InChI=1S/C7H4IN/c1-5-3-9-4-7(8)6(5)2/h1-4H. The molecule has 1 aromatic rings. The predicted octanol–water partition coefficient (Wildman–Crippen LogP) is 1.80. The topological polar surface area (TPSA) is 12.9 Å². The molecule has 0 fully saturated rings. The summed E-state index contributed by atoms with van der Waals surface area (Å²) in [6.07, 6.45) is 3.21. The van der Waals surface area contributed by atoms with Crippen LogP contribution in [0.15, 0.2) is 12.4 Å². The molecule has 0 spiro atoms. The van der Waals surface area contributed by atoms with Crippen LogP contribution in [0.2, 0.25) is 0 Å². The molecule has 1 heterocycles. The van der Waals surface area contributed by atoms with Crippen molar-refractivity contribution in [2.24, 2.45) is 0 Å². The van der Waals surface area contributed by atoms with Crippen LogP contribution in [-0.4, -0.2) is 4.98 Å². The third-order valence-corrected chi connectivity index (χ3v) is 1.83. The van der Waals surface area contributed by atoms with Crippen molar-refractivity contribution in [1.29, 1.82) is 0 Å². The Morgan fingerprint density at radius 3 is 2.44 bits per heavy atom. The van der Waals surface area contributed by atoms with Gasteiger partial charge in [-0.3, -0.25) is 4.98 Å². The maximum Gasteiger partial charge on any atom is 0.0404 e. The molecule has 0 aliphatic rings. The fourth-order valence-electron chi connectivity index (χ4n) is 0.460. The number of aromatic nitrogens is 1. The summed E-state index contributed by atoms with van der Waals surface area (Å²) in [4.78, 5) is 3.83. The first-order chi connectivity index (χ1) is 4.22. The lowest BCUT2D eigenvalue weighted by Gasteiger charge is -1.97. The summed E-state index contributed by atoms with van der Waals surface area (Å²) in [7, 11) is 0. The van der Waals surface area contributed by atoms with Crippen LogP contribution < -0.4 is 0 Å². The van der Waals surface area contributed by atoms with E-state index in [9.17, 15) is 0 Å². The molecule has 44 valence electrons. The van der Waals surface area contributed by atoms with Crippen molar-refractivity contribution in [1.82, 2.24) is 4.98 Å². The smallest absolute Gasteiger partial charge is 0.0404 e. The summed E-state index contributed by atoms with van der Waals surface area (Å²) in [5.41, 5.74) is 1.16. The molecule has 1 rings (SSSR count). The summed E-state index contributed by atoms with van der Waals surface area (Å²) in [6, 6.07) is 0. The molecule has 0 N–H and O–H groups in total. The average molecular weight is 229 g/mol. The second-order valence-corrected chi connectivity index (χ2v) is 2.79. The van der Waals surface area contributed by atoms with E-state index < -0.39 is 0 Å². The summed E-state index contributed by atoms with van der Waals surface area (Å²) in [5, 5.41) is 0. The van der Waals surface area contributed by atoms with Gasteiger partial charge in [-0.15, -0.1) is 0 Å². The van der Waals surface area contributed by atoms with Crippen LogP contribution in [0.1, 0.15) is 11.1 Å². The summed E-state index contributed by atoms with van der Waals surface area (Å²) < 4.78 is 0.896. The number of hydrogen-bond donors (Lipinski definition) is 0. The Labute approximate surface area is 68.6 Å². The Hall–Kier alpha value is -0.120. The van der Waals surface area contributed by atoms with E-state index >= 15 is 0 Å². The molecule has 1 aromatic heterocycles. The minimum atomic E-state index is 0.543. The summed E-state index contributed by atoms with van der Waals surface area (Å²) in [6.45, 7) is 10.9. The fourth-order valence-corrected chi connectivity index (χ4v) is 0.932. The molecular formula is C7H4IN. The van der Waals surface area contributed by atoms with Crippen LogP contribution in [0.25, 0.3) is 0 Å². The molecule has 0 amide bonds. The molecule has 4 radical (unpaired) electrons. The van der Waals surface area contributed by atoms with Crippen molar-refractivity contribution in [3.8, 4) is 0 Å². The van der Waals surface area contributed by atoms with E-state index in [0.29, 0.717) is 11.1 Å². The van der Waals surface area contributed by atoms with Gasteiger partial charge in [0, 0.05) is 29.8 Å². The lowest BCUT2D eigenvalue weighted by molar-refractivity contribution is 1.26. The number of pyridine rings is 1. The van der Waals surface area contributed by atoms with E-state index in [1.165, 1.54) is 6.20 Å². The van der Waals surface area contributed by atoms with Crippen molar-refractivity contribution < 1.29 is 0 Å². The highest BCUT2D eigenvalue weighted by atomic mass is 127. The molecule has 0 atom stereocenters. The Kier molecular flexibility index (Phi) is 2.05. The number of rotatable bonds is 0. The van der Waals surface area contributed by atoms with Crippen LogP contribution in [0, 0.1) is 17.4 Å². The summed E-state index contributed by atoms with van der Waals surface area (Å²) in [5.74, 6) is 0. The number of halogens is 1. The normalized spacial score (nSPS) is 9.67. The zero-order chi connectivity index (χ0) is 6.85. The number of nitrogens with zero attached hydrogens (tertiary/aromatic N) is 1. The lowest BCUT2D eigenvalue weighted by atomic mass is 10.2. The van der Waals surface area contributed by atoms with Crippen LogP contribution in [0.4, 0.5) is 0 Å². The Morgan fingerprint density at radius 2 is 2.00 bits per heavy atom. The molecular weight excluding hydrogens is 225 g/mol. The molecule has 0 saturated heterocycles. The van der Waals surface area contributed by atoms with E-state index in [0.717, 1.165) is 3.57 Å². The lowest BCUT2D eigenvalue weighted by Crippen LogP contribution is -1.86. The Bertz CT molecular complexity index is 200. The maximum absolute atomic E-state index is 5.51. The van der Waals surface area contributed by atoms with Crippen molar-refractivity contribution >= 4 is 22.6 Å². The van der Waals surface area contributed by atoms with Gasteiger partial charge in [0.05, 0.1) is 0 Å². The molecule has 0 aromatic carbocycles. The van der Waals surface area contributed by atoms with Gasteiger partial charge in [0.15, 0.2) is 0 Å². The summed E-state index contributed by atoms with van der Waals surface area (Å²) >= 11 is 2.08. The monoisotopic (exact) mass is 229 g/mol. The Morgan fingerprint density at radius 1 is 1.33 bits per heavy atom. The van der Waals surface area contributed by atoms with Gasteiger partial charge in [0.2, 0.25) is 0 Å². The molecule has 0 bridgehead atoms. The zero-order valence-corrected chi connectivity index (χ0v) is 6.79. The SMILES string of the molecule is [CH]c1cncc(I)c1[CH]. The van der Waals surface area contributed by atoms with Gasteiger partial charge < -0.3 is 0 Å². The minimum absolute atomic E-state index is 0.543. The van der Waals surface area contributed by atoms with Gasteiger partial charge in [0.1, 0.15) is 0 Å². The van der Waals surface area contributed by atoms with Crippen LogP contribution in [-0.2, 0) is 0 Å². The largest absolute Gasteiger partial charge is 0.263 e. The predicted molar refractivity (Wildman–Crippen MR) is 43.8 cm³/mol. The van der Waals surface area contributed by atoms with Gasteiger partial charge in [-0.05, 0) is 33.7 Å². The first-order valence-electron chi connectivity index (χ1n) is 2.36. The van der Waals surface area contributed by atoms with E-state index in [1.54, 1.807) is 6.20 Å². The van der Waals surface area contributed by atoms with Gasteiger partial charge in [-0.25, -0.2) is 0 Å². The third kappa shape index (κ3) is 1.41. The van der Waals surface area contributed by atoms with Crippen molar-refractivity contribution in [2.45, 2.75) is 0 Å². The first kappa shape index (κ1) is 6.99. The van der Waals surface area contributed by atoms with Gasteiger partial charge in [-0.2, -0.15) is 0 Å². The van der Waals surface area contributed by atoms with E-state index in [2.05, 4.69) is 27.6 Å². The fraction of sp³-hybridized carbons (Fsp3) is 0. The average Bonchev–Trinajstić information content (AvgIpc) is 1.83. The van der Waals surface area contributed by atoms with Gasteiger partial charge in [-0.1, -0.05) is 0 Å². The van der Waals surface area contributed by atoms with Crippen LogP contribution in [0.3, 0.4) is 0 Å². The van der Waals surface area contributed by atoms with Gasteiger partial charge >= 0.3 is 0 Å². The minimum Gasteiger partial charge on any atom is -0.263 e. The third-order valence-electron chi connectivity index (χ3n) is 0.970. The molecule has 2 heteroatoms. The maximum atomic E-state index is 5.51. The van der Waals surface area contributed by atoms with Gasteiger partial charge in [0.25, 0.3) is 0 Å². The van der Waals surface area contributed by atoms with Crippen LogP contribution >= 0.6 is 22.6 Å². The molecule has 0 aliphatic heterocycles. The van der Waals surface area contributed by atoms with E-state index in [1.807, 2.05) is 0 Å². The highest BCUT2D eigenvalue weighted by molar-refractivity contribution is 14.1. The van der Waals surface area contributed by atoms with Crippen LogP contribution in [0.5, 0.6) is 0 Å². The molecule has 0 saturated carbocycles. The highest BCUT2D eigenvalue weighted by Gasteiger charge is 1.95. The van der Waals surface area contributed by atoms with Crippen molar-refractivity contribution in [3.05, 3.63) is 40.9 Å². The quantitative estimate of drug-likeness (QED) is 0.618. The number of hydrogen-bond acceptors (Lipinski definition) is 1. The van der Waals surface area contributed by atoms with E-state index in [4.69, 9.17) is 13.8 Å². The van der Waals surface area contributed by atoms with Crippen molar-refractivity contribution in [3.63, 3.8) is 0 Å². The second-order valence-electron chi connectivity index (χ2n) is 1.62.